The first-order valence-electron chi connectivity index (χ1n) is 8.05. The lowest BCUT2D eigenvalue weighted by atomic mass is 9.96. The van der Waals surface area contributed by atoms with Crippen LogP contribution in [0.2, 0.25) is 0 Å². The summed E-state index contributed by atoms with van der Waals surface area (Å²) in [6.07, 6.45) is -2.78. The Hall–Kier alpha value is -2.25. The van der Waals surface area contributed by atoms with Gasteiger partial charge in [-0.1, -0.05) is 13.3 Å². The third kappa shape index (κ3) is 4.64. The highest BCUT2D eigenvalue weighted by Crippen LogP contribution is 2.38. The van der Waals surface area contributed by atoms with Crippen molar-refractivity contribution in [3.63, 3.8) is 0 Å². The van der Waals surface area contributed by atoms with Crippen LogP contribution in [0.4, 0.5) is 13.2 Å². The van der Waals surface area contributed by atoms with Crippen LogP contribution in [0.1, 0.15) is 30.1 Å². The predicted octanol–water partition coefficient (Wildman–Crippen LogP) is 3.20. The van der Waals surface area contributed by atoms with Gasteiger partial charge in [-0.15, -0.1) is 0 Å². The van der Waals surface area contributed by atoms with Crippen LogP contribution in [0.15, 0.2) is 24.3 Å². The van der Waals surface area contributed by atoms with Gasteiger partial charge in [0.1, 0.15) is 5.75 Å². The van der Waals surface area contributed by atoms with Crippen LogP contribution < -0.4 is 4.74 Å². The molecule has 0 spiro atoms. The molecule has 8 heteroatoms. The van der Waals surface area contributed by atoms with Crippen molar-refractivity contribution in [2.24, 2.45) is 11.8 Å². The molecule has 5 nitrogen and oxygen atoms in total. The van der Waals surface area contributed by atoms with E-state index in [4.69, 9.17) is 9.84 Å². The Morgan fingerprint density at radius 2 is 1.88 bits per heavy atom. The normalized spacial score (nSPS) is 20.6. The van der Waals surface area contributed by atoms with Crippen molar-refractivity contribution in [1.29, 1.82) is 0 Å². The second kappa shape index (κ2) is 7.76. The largest absolute Gasteiger partial charge is 0.494 e. The fourth-order valence-corrected chi connectivity index (χ4v) is 2.76. The molecule has 1 aromatic rings. The number of carboxylic acid groups (broad SMARTS) is 1. The quantitative estimate of drug-likeness (QED) is 0.792. The smallest absolute Gasteiger partial charge is 0.394 e. The van der Waals surface area contributed by atoms with Crippen LogP contribution in [0, 0.1) is 11.8 Å². The van der Waals surface area contributed by atoms with Gasteiger partial charge in [-0.25, -0.2) is 0 Å². The molecule has 1 saturated heterocycles. The number of hydrogen-bond donors (Lipinski definition) is 1. The van der Waals surface area contributed by atoms with Gasteiger partial charge in [0.05, 0.1) is 18.4 Å². The summed E-state index contributed by atoms with van der Waals surface area (Å²) in [4.78, 5) is 24.4. The average molecular weight is 359 g/mol. The molecule has 1 fully saturated rings. The number of carbonyl (C=O) groups excluding carboxylic acids is 1. The SMILES string of the molecule is CCCCOc1ccc(C(=O)N2C[C@@H](C(F)(F)F)[C@H](C(=O)O)C2)cc1. The molecule has 0 aromatic heterocycles. The van der Waals surface area contributed by atoms with Crippen molar-refractivity contribution in [1.82, 2.24) is 4.90 Å². The van der Waals surface area contributed by atoms with Crippen molar-refractivity contribution in [2.75, 3.05) is 19.7 Å². The molecular formula is C17H20F3NO4. The highest BCUT2D eigenvalue weighted by atomic mass is 19.4. The minimum Gasteiger partial charge on any atom is -0.494 e. The molecular weight excluding hydrogens is 339 g/mol. The number of carboxylic acids is 1. The summed E-state index contributed by atoms with van der Waals surface area (Å²) in [6, 6.07) is 6.10. The van der Waals surface area contributed by atoms with Gasteiger partial charge in [-0.05, 0) is 30.7 Å². The molecule has 0 aliphatic carbocycles. The Labute approximate surface area is 143 Å². The Balaban J connectivity index is 2.06. The summed E-state index contributed by atoms with van der Waals surface area (Å²) in [5.74, 6) is -5.27. The number of hydrogen-bond acceptors (Lipinski definition) is 3. The molecule has 1 aromatic carbocycles. The molecule has 1 aliphatic heterocycles. The van der Waals surface area contributed by atoms with Gasteiger partial charge < -0.3 is 14.7 Å². The summed E-state index contributed by atoms with van der Waals surface area (Å²) in [6.45, 7) is 1.48. The maximum atomic E-state index is 13.0. The van der Waals surface area contributed by atoms with E-state index in [1.54, 1.807) is 12.1 Å². The van der Waals surface area contributed by atoms with Crippen molar-refractivity contribution in [3.05, 3.63) is 29.8 Å². The van der Waals surface area contributed by atoms with Gasteiger partial charge in [-0.3, -0.25) is 9.59 Å². The van der Waals surface area contributed by atoms with Gasteiger partial charge in [-0.2, -0.15) is 13.2 Å². The molecule has 25 heavy (non-hydrogen) atoms. The van der Waals surface area contributed by atoms with Crippen molar-refractivity contribution >= 4 is 11.9 Å². The number of likely N-dealkylation sites (tertiary alicyclic amines) is 1. The molecule has 0 unspecified atom stereocenters. The first kappa shape index (κ1) is 19.1. The highest BCUT2D eigenvalue weighted by Gasteiger charge is 2.53. The van der Waals surface area contributed by atoms with E-state index in [0.717, 1.165) is 17.7 Å². The van der Waals surface area contributed by atoms with Gasteiger partial charge in [0.15, 0.2) is 0 Å². The third-order valence-electron chi connectivity index (χ3n) is 4.21. The molecule has 0 saturated carbocycles. The summed E-state index contributed by atoms with van der Waals surface area (Å²) >= 11 is 0. The lowest BCUT2D eigenvalue weighted by molar-refractivity contribution is -0.187. The number of carbonyl (C=O) groups is 2. The highest BCUT2D eigenvalue weighted by molar-refractivity contribution is 5.95. The lowest BCUT2D eigenvalue weighted by Crippen LogP contribution is -2.34. The number of nitrogens with zero attached hydrogens (tertiary/aromatic N) is 1. The number of ether oxygens (including phenoxy) is 1. The van der Waals surface area contributed by atoms with E-state index in [1.165, 1.54) is 12.1 Å². The first-order valence-corrected chi connectivity index (χ1v) is 8.05. The van der Waals surface area contributed by atoms with Crippen LogP contribution in [-0.2, 0) is 4.79 Å². The maximum Gasteiger partial charge on any atom is 0.394 e. The van der Waals surface area contributed by atoms with Gasteiger partial charge >= 0.3 is 12.1 Å². The number of aliphatic carboxylic acids is 1. The number of halogens is 3. The second-order valence-corrected chi connectivity index (χ2v) is 6.03. The maximum absolute atomic E-state index is 13.0. The second-order valence-electron chi connectivity index (χ2n) is 6.03. The van der Waals surface area contributed by atoms with E-state index >= 15 is 0 Å². The Bertz CT molecular complexity index is 615. The topological polar surface area (TPSA) is 66.8 Å². The van der Waals surface area contributed by atoms with Crippen LogP contribution in [-0.4, -0.2) is 47.8 Å². The summed E-state index contributed by atoms with van der Waals surface area (Å²) in [5.41, 5.74) is 0.204. The molecule has 1 aliphatic rings. The summed E-state index contributed by atoms with van der Waals surface area (Å²) in [7, 11) is 0. The van der Waals surface area contributed by atoms with E-state index in [0.29, 0.717) is 12.4 Å². The monoisotopic (exact) mass is 359 g/mol. The van der Waals surface area contributed by atoms with Gasteiger partial charge in [0, 0.05) is 18.7 Å². The van der Waals surface area contributed by atoms with E-state index in [1.807, 2.05) is 6.92 Å². The first-order chi connectivity index (χ1) is 11.7. The zero-order valence-corrected chi connectivity index (χ0v) is 13.8. The lowest BCUT2D eigenvalue weighted by Gasteiger charge is -2.18. The van der Waals surface area contributed by atoms with Crippen LogP contribution in [0.25, 0.3) is 0 Å². The fraction of sp³-hybridized carbons (Fsp3) is 0.529. The molecule has 2 atom stereocenters. The van der Waals surface area contributed by atoms with Crippen LogP contribution in [0.3, 0.4) is 0 Å². The Morgan fingerprint density at radius 3 is 2.36 bits per heavy atom. The number of unbranched alkanes of at least 4 members (excludes halogenated alkanes) is 1. The molecule has 0 bridgehead atoms. The zero-order valence-electron chi connectivity index (χ0n) is 13.8. The van der Waals surface area contributed by atoms with Crippen LogP contribution in [0.5, 0.6) is 5.75 Å². The van der Waals surface area contributed by atoms with Crippen LogP contribution >= 0.6 is 0 Å². The minimum atomic E-state index is -4.66. The van der Waals surface area contributed by atoms with Gasteiger partial charge in [0.25, 0.3) is 5.91 Å². The molecule has 0 radical (unpaired) electrons. The molecule has 1 amide bonds. The van der Waals surface area contributed by atoms with Gasteiger partial charge in [0.2, 0.25) is 0 Å². The van der Waals surface area contributed by atoms with E-state index in [2.05, 4.69) is 0 Å². The van der Waals surface area contributed by atoms with E-state index < -0.39 is 43.0 Å². The molecule has 1 N–H and O–H groups in total. The summed E-state index contributed by atoms with van der Waals surface area (Å²) < 4.78 is 44.4. The molecule has 1 heterocycles. The standard InChI is InChI=1S/C17H20F3NO4/c1-2-3-8-25-12-6-4-11(5-7-12)15(22)21-9-13(16(23)24)14(10-21)17(18,19)20/h4-7,13-14H,2-3,8-10H2,1H3,(H,23,24)/t13-,14-/m1/s1. The molecule has 138 valence electrons. The van der Waals surface area contributed by atoms with Crippen molar-refractivity contribution < 1.29 is 32.6 Å². The fourth-order valence-electron chi connectivity index (χ4n) is 2.76. The zero-order chi connectivity index (χ0) is 18.6. The van der Waals surface area contributed by atoms with E-state index in [-0.39, 0.29) is 5.56 Å². The number of alkyl halides is 3. The Morgan fingerprint density at radius 1 is 1.24 bits per heavy atom. The number of rotatable bonds is 6. The predicted molar refractivity (Wildman–Crippen MR) is 83.4 cm³/mol. The van der Waals surface area contributed by atoms with Crippen molar-refractivity contribution in [3.8, 4) is 5.75 Å². The number of amides is 1. The summed E-state index contributed by atoms with van der Waals surface area (Å²) in [5, 5.41) is 9.00. The minimum absolute atomic E-state index is 0.204. The van der Waals surface area contributed by atoms with Crippen molar-refractivity contribution in [2.45, 2.75) is 25.9 Å². The molecule has 2 rings (SSSR count). The van der Waals surface area contributed by atoms with E-state index in [9.17, 15) is 22.8 Å². The third-order valence-corrected chi connectivity index (χ3v) is 4.21. The Kier molecular flexibility index (Phi) is 5.92. The average Bonchev–Trinajstić information content (AvgIpc) is 3.01. The number of benzene rings is 1.